The quantitative estimate of drug-likeness (QED) is 0.324. The van der Waals surface area contributed by atoms with Gasteiger partial charge >= 0.3 is 11.8 Å². The van der Waals surface area contributed by atoms with Crippen molar-refractivity contribution < 1.29 is 24.0 Å². The predicted octanol–water partition coefficient (Wildman–Crippen LogP) is 2.60. The van der Waals surface area contributed by atoms with Gasteiger partial charge in [-0.05, 0) is 55.0 Å². The third-order valence-corrected chi connectivity index (χ3v) is 7.11. The maximum absolute atomic E-state index is 13.0. The highest BCUT2D eigenvalue weighted by molar-refractivity contribution is 6.00. The molecule has 0 spiro atoms. The smallest absolute Gasteiger partial charge is 0.410 e. The molecule has 12 heteroatoms. The standard InChI is InChI=1S/C25H25N5O7/c1-27-21-14-16(2-7-19(21)29(24(27)33)20-8-9-22(31)26-23(20)32)15-10-12-28(13-11-15)25(34)37-18-5-3-17(4-6-18)30(35)36/h2-7,14-15,20H,8-13H2,1H3,(H,26,31,32). The highest BCUT2D eigenvalue weighted by atomic mass is 16.6. The average molecular weight is 508 g/mol. The molecule has 3 aromatic rings. The molecule has 192 valence electrons. The van der Waals surface area contributed by atoms with Crippen molar-refractivity contribution in [3.63, 3.8) is 0 Å². The van der Waals surface area contributed by atoms with Crippen molar-refractivity contribution in [2.24, 2.45) is 7.05 Å². The maximum atomic E-state index is 13.0. The van der Waals surface area contributed by atoms with Crippen LogP contribution in [-0.2, 0) is 16.6 Å². The molecule has 2 aliphatic heterocycles. The molecule has 12 nitrogen and oxygen atoms in total. The Hall–Kier alpha value is -4.48. The first-order chi connectivity index (χ1) is 17.7. The second-order valence-electron chi connectivity index (χ2n) is 9.31. The number of piperidine rings is 2. The number of non-ortho nitro benzene ring substituents is 1. The van der Waals surface area contributed by atoms with Crippen molar-refractivity contribution >= 4 is 34.6 Å². The molecule has 0 bridgehead atoms. The lowest BCUT2D eigenvalue weighted by Gasteiger charge is -2.31. The first-order valence-corrected chi connectivity index (χ1v) is 12.0. The van der Waals surface area contributed by atoms with Crippen LogP contribution in [0.3, 0.4) is 0 Å². The van der Waals surface area contributed by atoms with E-state index in [0.717, 1.165) is 5.56 Å². The third-order valence-electron chi connectivity index (χ3n) is 7.11. The van der Waals surface area contributed by atoms with Gasteiger partial charge in [-0.25, -0.2) is 9.59 Å². The number of nitro benzene ring substituents is 1. The van der Waals surface area contributed by atoms with E-state index in [-0.39, 0.29) is 41.8 Å². The highest BCUT2D eigenvalue weighted by Gasteiger charge is 2.32. The Bertz CT molecular complexity index is 1470. The summed E-state index contributed by atoms with van der Waals surface area (Å²) in [7, 11) is 1.66. The van der Waals surface area contributed by atoms with Crippen LogP contribution in [0.2, 0.25) is 0 Å². The second kappa shape index (κ2) is 9.52. The van der Waals surface area contributed by atoms with E-state index >= 15 is 0 Å². The van der Waals surface area contributed by atoms with Gasteiger partial charge in [-0.3, -0.25) is 34.2 Å². The molecular weight excluding hydrogens is 482 g/mol. The van der Waals surface area contributed by atoms with Crippen LogP contribution in [0.5, 0.6) is 5.75 Å². The molecule has 2 aromatic carbocycles. The van der Waals surface area contributed by atoms with Crippen molar-refractivity contribution in [2.45, 2.75) is 37.6 Å². The number of benzene rings is 2. The number of aromatic nitrogens is 2. The van der Waals surface area contributed by atoms with Crippen LogP contribution in [0.15, 0.2) is 47.3 Å². The number of ether oxygens (including phenoxy) is 1. The van der Waals surface area contributed by atoms with Crippen LogP contribution in [0.4, 0.5) is 10.5 Å². The van der Waals surface area contributed by atoms with Crippen LogP contribution >= 0.6 is 0 Å². The van der Waals surface area contributed by atoms with E-state index in [1.165, 1.54) is 33.4 Å². The average Bonchev–Trinajstić information content (AvgIpc) is 3.14. The summed E-state index contributed by atoms with van der Waals surface area (Å²) in [5, 5.41) is 13.1. The van der Waals surface area contributed by atoms with E-state index in [1.807, 2.05) is 18.2 Å². The van der Waals surface area contributed by atoms with E-state index in [4.69, 9.17) is 4.74 Å². The number of likely N-dealkylation sites (tertiary alicyclic amines) is 1. The molecule has 0 radical (unpaired) electrons. The van der Waals surface area contributed by atoms with Gasteiger partial charge in [-0.2, -0.15) is 0 Å². The van der Waals surface area contributed by atoms with Crippen molar-refractivity contribution in [2.75, 3.05) is 13.1 Å². The zero-order valence-electron chi connectivity index (χ0n) is 20.1. The van der Waals surface area contributed by atoms with Gasteiger partial charge in [0.1, 0.15) is 11.8 Å². The molecule has 2 saturated heterocycles. The summed E-state index contributed by atoms with van der Waals surface area (Å²) in [5.74, 6) is -0.394. The predicted molar refractivity (Wildman–Crippen MR) is 131 cm³/mol. The van der Waals surface area contributed by atoms with Gasteiger partial charge in [-0.1, -0.05) is 6.07 Å². The van der Waals surface area contributed by atoms with Crippen LogP contribution in [0.1, 0.15) is 43.2 Å². The number of amides is 3. The molecule has 2 aliphatic rings. The zero-order chi connectivity index (χ0) is 26.3. The second-order valence-corrected chi connectivity index (χ2v) is 9.31. The fourth-order valence-electron chi connectivity index (χ4n) is 5.06. The van der Waals surface area contributed by atoms with Crippen molar-refractivity contribution in [3.8, 4) is 5.75 Å². The molecule has 3 amide bonds. The minimum atomic E-state index is -0.732. The van der Waals surface area contributed by atoms with Gasteiger partial charge in [0.15, 0.2) is 0 Å². The van der Waals surface area contributed by atoms with Gasteiger partial charge in [0.2, 0.25) is 11.8 Å². The Morgan fingerprint density at radius 3 is 2.38 bits per heavy atom. The van der Waals surface area contributed by atoms with Crippen LogP contribution in [0, 0.1) is 10.1 Å². The highest BCUT2D eigenvalue weighted by Crippen LogP contribution is 2.32. The number of imidazole rings is 1. The van der Waals surface area contributed by atoms with Crippen LogP contribution < -0.4 is 15.7 Å². The first-order valence-electron chi connectivity index (χ1n) is 12.0. The summed E-state index contributed by atoms with van der Waals surface area (Å²) in [4.78, 5) is 61.3. The molecule has 3 heterocycles. The number of rotatable bonds is 4. The summed E-state index contributed by atoms with van der Waals surface area (Å²) >= 11 is 0. The number of hydrogen-bond donors (Lipinski definition) is 1. The number of carbonyl (C=O) groups is 3. The number of carbonyl (C=O) groups excluding carboxylic acids is 3. The maximum Gasteiger partial charge on any atom is 0.415 e. The number of nitrogens with zero attached hydrogens (tertiary/aromatic N) is 4. The van der Waals surface area contributed by atoms with E-state index < -0.39 is 23.0 Å². The number of aryl methyl sites for hydroxylation is 1. The Kier molecular flexibility index (Phi) is 6.24. The molecule has 1 atom stereocenters. The lowest BCUT2D eigenvalue weighted by Crippen LogP contribution is -2.44. The summed E-state index contributed by atoms with van der Waals surface area (Å²) in [6, 6.07) is 10.4. The monoisotopic (exact) mass is 507 g/mol. The summed E-state index contributed by atoms with van der Waals surface area (Å²) in [6.07, 6.45) is 1.35. The fraction of sp³-hybridized carbons (Fsp3) is 0.360. The number of hydrogen-bond acceptors (Lipinski definition) is 7. The number of fused-ring (bicyclic) bond motifs is 1. The van der Waals surface area contributed by atoms with Crippen LogP contribution in [0.25, 0.3) is 11.0 Å². The minimum absolute atomic E-state index is 0.0810. The zero-order valence-corrected chi connectivity index (χ0v) is 20.1. The first kappa shape index (κ1) is 24.2. The molecule has 0 aliphatic carbocycles. The van der Waals surface area contributed by atoms with Crippen molar-refractivity contribution in [3.05, 3.63) is 68.6 Å². The Labute approximate surface area is 210 Å². The summed E-state index contributed by atoms with van der Waals surface area (Å²) < 4.78 is 8.33. The van der Waals surface area contributed by atoms with E-state index in [0.29, 0.717) is 37.0 Å². The van der Waals surface area contributed by atoms with Gasteiger partial charge in [0.05, 0.1) is 16.0 Å². The number of nitro groups is 1. The molecule has 1 N–H and O–H groups in total. The Morgan fingerprint density at radius 1 is 1.03 bits per heavy atom. The lowest BCUT2D eigenvalue weighted by molar-refractivity contribution is -0.384. The summed E-state index contributed by atoms with van der Waals surface area (Å²) in [6.45, 7) is 0.954. The van der Waals surface area contributed by atoms with Gasteiger partial charge in [0.25, 0.3) is 5.69 Å². The number of nitrogens with one attached hydrogen (secondary N) is 1. The normalized spacial score (nSPS) is 18.6. The topological polar surface area (TPSA) is 146 Å². The van der Waals surface area contributed by atoms with Gasteiger partial charge in [-0.15, -0.1) is 0 Å². The molecule has 0 saturated carbocycles. The third kappa shape index (κ3) is 4.57. The summed E-state index contributed by atoms with van der Waals surface area (Å²) in [5.41, 5.74) is 1.97. The van der Waals surface area contributed by atoms with Gasteiger partial charge in [0, 0.05) is 38.7 Å². The van der Waals surface area contributed by atoms with Crippen molar-refractivity contribution in [1.29, 1.82) is 0 Å². The molecule has 2 fully saturated rings. The Balaban J connectivity index is 1.28. The van der Waals surface area contributed by atoms with E-state index in [2.05, 4.69) is 5.32 Å². The minimum Gasteiger partial charge on any atom is -0.410 e. The number of imide groups is 1. The Morgan fingerprint density at radius 2 is 1.73 bits per heavy atom. The molecular formula is C25H25N5O7. The fourth-order valence-corrected chi connectivity index (χ4v) is 5.06. The lowest BCUT2D eigenvalue weighted by atomic mass is 9.89. The van der Waals surface area contributed by atoms with Crippen LogP contribution in [-0.4, -0.2) is 50.0 Å². The van der Waals surface area contributed by atoms with E-state index in [1.54, 1.807) is 11.9 Å². The largest absolute Gasteiger partial charge is 0.415 e. The SMILES string of the molecule is Cn1c(=O)n(C2CCC(=O)NC2=O)c2ccc(C3CCN(C(=O)Oc4ccc([N+](=O)[O-])cc4)CC3)cc21. The molecule has 5 rings (SSSR count). The molecule has 37 heavy (non-hydrogen) atoms. The van der Waals surface area contributed by atoms with E-state index in [9.17, 15) is 29.3 Å². The van der Waals surface area contributed by atoms with Crippen molar-refractivity contribution in [1.82, 2.24) is 19.4 Å². The molecule has 1 aromatic heterocycles. The molecule has 1 unspecified atom stereocenters. The van der Waals surface area contributed by atoms with Gasteiger partial charge < -0.3 is 9.64 Å².